The van der Waals surface area contributed by atoms with Gasteiger partial charge in [0.1, 0.15) is 0 Å². The largest absolute Gasteiger partial charge is 0.469 e. The van der Waals surface area contributed by atoms with Crippen molar-refractivity contribution in [2.24, 2.45) is 0 Å². The van der Waals surface area contributed by atoms with Gasteiger partial charge in [0.15, 0.2) is 0 Å². The zero-order valence-corrected chi connectivity index (χ0v) is 15.2. The van der Waals surface area contributed by atoms with E-state index < -0.39 is 0 Å². The van der Waals surface area contributed by atoms with E-state index in [1.165, 1.54) is 7.11 Å². The van der Waals surface area contributed by atoms with Crippen LogP contribution in [0.3, 0.4) is 0 Å². The van der Waals surface area contributed by atoms with Crippen molar-refractivity contribution in [3.05, 3.63) is 40.9 Å². The van der Waals surface area contributed by atoms with E-state index in [-0.39, 0.29) is 18.3 Å². The van der Waals surface area contributed by atoms with Gasteiger partial charge in [0, 0.05) is 24.2 Å². The van der Waals surface area contributed by atoms with Crippen LogP contribution in [0.1, 0.15) is 44.6 Å². The van der Waals surface area contributed by atoms with Crippen LogP contribution in [0.4, 0.5) is 0 Å². The lowest BCUT2D eigenvalue weighted by Crippen LogP contribution is -2.32. The molecule has 0 aliphatic heterocycles. The molecule has 0 N–H and O–H groups in total. The van der Waals surface area contributed by atoms with Gasteiger partial charge in [-0.05, 0) is 30.2 Å². The Labute approximate surface area is 149 Å². The maximum absolute atomic E-state index is 12.4. The second kappa shape index (κ2) is 11.7. The quantitative estimate of drug-likeness (QED) is 0.358. The van der Waals surface area contributed by atoms with Crippen molar-refractivity contribution in [3.8, 4) is 0 Å². The summed E-state index contributed by atoms with van der Waals surface area (Å²) in [5.74, 6) is -0.395. The van der Waals surface area contributed by atoms with Crippen molar-refractivity contribution in [2.75, 3.05) is 20.2 Å². The molecule has 1 aromatic carbocycles. The summed E-state index contributed by atoms with van der Waals surface area (Å²) in [6.07, 6.45) is 7.84. The Kier molecular flexibility index (Phi) is 9.85. The molecule has 1 aromatic rings. The van der Waals surface area contributed by atoms with Gasteiger partial charge >= 0.3 is 5.97 Å². The van der Waals surface area contributed by atoms with Crippen molar-refractivity contribution in [1.82, 2.24) is 4.90 Å². The predicted octanol–water partition coefficient (Wildman–Crippen LogP) is 4.33. The summed E-state index contributed by atoms with van der Waals surface area (Å²) < 4.78 is 4.66. The van der Waals surface area contributed by atoms with Crippen LogP contribution in [0.5, 0.6) is 0 Å². The third kappa shape index (κ3) is 8.16. The minimum atomic E-state index is -0.303. The van der Waals surface area contributed by atoms with Crippen molar-refractivity contribution in [1.29, 1.82) is 0 Å². The number of esters is 1. The molecule has 0 saturated heterocycles. The molecule has 0 radical (unpaired) electrons. The van der Waals surface area contributed by atoms with E-state index in [1.807, 2.05) is 12.1 Å². The smallest absolute Gasteiger partial charge is 0.307 e. The first-order chi connectivity index (χ1) is 11.6. The number of ether oxygens (including phenoxy) is 1. The van der Waals surface area contributed by atoms with Crippen LogP contribution in [0.25, 0.3) is 6.08 Å². The zero-order chi connectivity index (χ0) is 17.8. The molecule has 1 amide bonds. The van der Waals surface area contributed by atoms with Gasteiger partial charge in [0.25, 0.3) is 0 Å². The number of amides is 1. The van der Waals surface area contributed by atoms with E-state index in [1.54, 1.807) is 29.2 Å². The fourth-order valence-corrected chi connectivity index (χ4v) is 2.36. The van der Waals surface area contributed by atoms with Crippen molar-refractivity contribution < 1.29 is 14.3 Å². The number of rotatable bonds is 10. The van der Waals surface area contributed by atoms with Gasteiger partial charge in [-0.3, -0.25) is 9.59 Å². The van der Waals surface area contributed by atoms with E-state index in [0.717, 1.165) is 31.2 Å². The lowest BCUT2D eigenvalue weighted by molar-refractivity contribution is -0.141. The Morgan fingerprint density at radius 1 is 1.12 bits per heavy atom. The van der Waals surface area contributed by atoms with Crippen LogP contribution in [-0.2, 0) is 14.3 Å². The molecule has 0 saturated carbocycles. The maximum atomic E-state index is 12.4. The Bertz CT molecular complexity index is 540. The standard InChI is InChI=1S/C19H26ClNO3/c1-3-4-5-6-14-21(15-13-19(23)24-2)18(22)12-9-16-7-10-17(20)11-8-16/h7-12H,3-6,13-15H2,1-2H3/b12-9+. The van der Waals surface area contributed by atoms with Gasteiger partial charge in [-0.25, -0.2) is 0 Å². The summed E-state index contributed by atoms with van der Waals surface area (Å²) in [6, 6.07) is 7.27. The summed E-state index contributed by atoms with van der Waals surface area (Å²) in [5.41, 5.74) is 0.909. The monoisotopic (exact) mass is 351 g/mol. The molecule has 24 heavy (non-hydrogen) atoms. The van der Waals surface area contributed by atoms with E-state index in [9.17, 15) is 9.59 Å². The number of halogens is 1. The second-order valence-electron chi connectivity index (χ2n) is 5.60. The average Bonchev–Trinajstić information content (AvgIpc) is 2.60. The van der Waals surface area contributed by atoms with Crippen LogP contribution in [0.15, 0.2) is 30.3 Å². The maximum Gasteiger partial charge on any atom is 0.307 e. The average molecular weight is 352 g/mol. The lowest BCUT2D eigenvalue weighted by Gasteiger charge is -2.20. The van der Waals surface area contributed by atoms with E-state index >= 15 is 0 Å². The van der Waals surface area contributed by atoms with Crippen LogP contribution in [-0.4, -0.2) is 37.0 Å². The normalized spacial score (nSPS) is 10.8. The SMILES string of the molecule is CCCCCCN(CCC(=O)OC)C(=O)/C=C/c1ccc(Cl)cc1. The van der Waals surface area contributed by atoms with Crippen LogP contribution in [0.2, 0.25) is 5.02 Å². The van der Waals surface area contributed by atoms with Crippen molar-refractivity contribution in [3.63, 3.8) is 0 Å². The highest BCUT2D eigenvalue weighted by Crippen LogP contribution is 2.11. The highest BCUT2D eigenvalue weighted by molar-refractivity contribution is 6.30. The molecule has 0 fully saturated rings. The molecule has 0 heterocycles. The minimum absolute atomic E-state index is 0.0923. The van der Waals surface area contributed by atoms with Crippen LogP contribution >= 0.6 is 11.6 Å². The van der Waals surface area contributed by atoms with Gasteiger partial charge < -0.3 is 9.64 Å². The number of nitrogens with zero attached hydrogens (tertiary/aromatic N) is 1. The third-order valence-electron chi connectivity index (χ3n) is 3.70. The molecular formula is C19H26ClNO3. The molecule has 4 nitrogen and oxygen atoms in total. The van der Waals surface area contributed by atoms with Crippen LogP contribution in [0, 0.1) is 0 Å². The first kappa shape index (κ1) is 20.2. The molecule has 0 spiro atoms. The highest BCUT2D eigenvalue weighted by Gasteiger charge is 2.12. The van der Waals surface area contributed by atoms with Crippen LogP contribution < -0.4 is 0 Å². The predicted molar refractivity (Wildman–Crippen MR) is 97.8 cm³/mol. The Morgan fingerprint density at radius 3 is 2.46 bits per heavy atom. The molecule has 0 atom stereocenters. The number of carbonyl (C=O) groups excluding carboxylic acids is 2. The van der Waals surface area contributed by atoms with Gasteiger partial charge in [0.05, 0.1) is 13.5 Å². The minimum Gasteiger partial charge on any atom is -0.469 e. The number of methoxy groups -OCH3 is 1. The number of carbonyl (C=O) groups is 2. The van der Waals surface area contributed by atoms with Gasteiger partial charge in [-0.1, -0.05) is 49.9 Å². The van der Waals surface area contributed by atoms with E-state index in [4.69, 9.17) is 11.6 Å². The van der Waals surface area contributed by atoms with Gasteiger partial charge in [-0.15, -0.1) is 0 Å². The molecule has 0 aromatic heterocycles. The summed E-state index contributed by atoms with van der Waals surface area (Å²) in [7, 11) is 1.36. The number of unbranched alkanes of at least 4 members (excludes halogenated alkanes) is 3. The highest BCUT2D eigenvalue weighted by atomic mass is 35.5. The molecule has 132 valence electrons. The number of hydrogen-bond acceptors (Lipinski definition) is 3. The van der Waals surface area contributed by atoms with E-state index in [2.05, 4.69) is 11.7 Å². The fourth-order valence-electron chi connectivity index (χ4n) is 2.24. The third-order valence-corrected chi connectivity index (χ3v) is 3.95. The van der Waals surface area contributed by atoms with Crippen molar-refractivity contribution in [2.45, 2.75) is 39.0 Å². The molecule has 1 rings (SSSR count). The van der Waals surface area contributed by atoms with Gasteiger partial charge in [0.2, 0.25) is 5.91 Å². The summed E-state index contributed by atoms with van der Waals surface area (Å²) in [6.45, 7) is 3.18. The second-order valence-corrected chi connectivity index (χ2v) is 6.03. The number of benzene rings is 1. The zero-order valence-electron chi connectivity index (χ0n) is 14.5. The Balaban J connectivity index is 2.62. The summed E-state index contributed by atoms with van der Waals surface area (Å²) in [4.78, 5) is 25.5. The lowest BCUT2D eigenvalue weighted by atomic mass is 10.2. The molecule has 5 heteroatoms. The molecule has 0 bridgehead atoms. The summed E-state index contributed by atoms with van der Waals surface area (Å²) in [5, 5.41) is 0.661. The topological polar surface area (TPSA) is 46.6 Å². The first-order valence-electron chi connectivity index (χ1n) is 8.36. The number of hydrogen-bond donors (Lipinski definition) is 0. The molecular weight excluding hydrogens is 326 g/mol. The Hall–Kier alpha value is -1.81. The molecule has 0 unspecified atom stereocenters. The molecule has 0 aliphatic carbocycles. The fraction of sp³-hybridized carbons (Fsp3) is 0.474. The molecule has 0 aliphatic rings. The van der Waals surface area contributed by atoms with Crippen molar-refractivity contribution >= 4 is 29.6 Å². The van der Waals surface area contributed by atoms with Gasteiger partial charge in [-0.2, -0.15) is 0 Å². The Morgan fingerprint density at radius 2 is 1.83 bits per heavy atom. The summed E-state index contributed by atoms with van der Waals surface area (Å²) >= 11 is 5.85. The first-order valence-corrected chi connectivity index (χ1v) is 8.74. The van der Waals surface area contributed by atoms with E-state index in [0.29, 0.717) is 18.1 Å².